The van der Waals surface area contributed by atoms with Gasteiger partial charge in [-0.2, -0.15) is 0 Å². The minimum atomic E-state index is -0.191. The summed E-state index contributed by atoms with van der Waals surface area (Å²) in [7, 11) is 0. The molecule has 0 saturated heterocycles. The molecule has 0 radical (unpaired) electrons. The third-order valence-electron chi connectivity index (χ3n) is 5.03. The molecule has 0 spiro atoms. The number of rotatable bonds is 7. The van der Waals surface area contributed by atoms with E-state index in [9.17, 15) is 9.59 Å². The third-order valence-corrected chi connectivity index (χ3v) is 5.03. The van der Waals surface area contributed by atoms with E-state index in [0.717, 1.165) is 22.4 Å². The molecule has 0 bridgehead atoms. The smallest absolute Gasteiger partial charge is 0.255 e. The van der Waals surface area contributed by atoms with Crippen molar-refractivity contribution in [3.8, 4) is 5.75 Å². The van der Waals surface area contributed by atoms with Crippen LogP contribution in [-0.4, -0.2) is 18.4 Å². The van der Waals surface area contributed by atoms with Gasteiger partial charge in [0.15, 0.2) is 0 Å². The predicted molar refractivity (Wildman–Crippen MR) is 120 cm³/mol. The van der Waals surface area contributed by atoms with E-state index in [1.165, 1.54) is 0 Å². The maximum absolute atomic E-state index is 12.4. The van der Waals surface area contributed by atoms with Crippen LogP contribution in [0.1, 0.15) is 33.5 Å². The van der Waals surface area contributed by atoms with Crippen LogP contribution in [-0.2, 0) is 4.79 Å². The average molecular weight is 402 g/mol. The highest BCUT2D eigenvalue weighted by Gasteiger charge is 2.11. The molecule has 0 atom stereocenters. The summed E-state index contributed by atoms with van der Waals surface area (Å²) in [5.74, 6) is 0.462. The Morgan fingerprint density at radius 2 is 1.43 bits per heavy atom. The summed E-state index contributed by atoms with van der Waals surface area (Å²) < 4.78 is 5.76. The van der Waals surface area contributed by atoms with Crippen molar-refractivity contribution in [2.75, 3.05) is 17.2 Å². The first-order valence-electron chi connectivity index (χ1n) is 9.90. The quantitative estimate of drug-likeness (QED) is 0.566. The van der Waals surface area contributed by atoms with Crippen molar-refractivity contribution in [1.29, 1.82) is 0 Å². The summed E-state index contributed by atoms with van der Waals surface area (Å²) in [6.07, 6.45) is 0.230. The highest BCUT2D eigenvalue weighted by molar-refractivity contribution is 6.05. The van der Waals surface area contributed by atoms with Crippen LogP contribution in [0.2, 0.25) is 0 Å². The predicted octanol–water partition coefficient (Wildman–Crippen LogP) is 5.27. The number of amides is 2. The molecule has 3 rings (SSSR count). The zero-order valence-electron chi connectivity index (χ0n) is 17.5. The fourth-order valence-electron chi connectivity index (χ4n) is 3.04. The van der Waals surface area contributed by atoms with Gasteiger partial charge in [-0.1, -0.05) is 36.4 Å². The molecule has 2 amide bonds. The minimum absolute atomic E-state index is 0.144. The fraction of sp³-hybridized carbons (Fsp3) is 0.200. The molecule has 0 aliphatic heterocycles. The lowest BCUT2D eigenvalue weighted by Crippen LogP contribution is -2.17. The van der Waals surface area contributed by atoms with Gasteiger partial charge in [0.05, 0.1) is 13.0 Å². The number of hydrogen-bond donors (Lipinski definition) is 2. The Bertz CT molecular complexity index is 1050. The number of aryl methyl sites for hydroxylation is 1. The van der Waals surface area contributed by atoms with E-state index in [-0.39, 0.29) is 18.2 Å². The summed E-state index contributed by atoms with van der Waals surface area (Å²) >= 11 is 0. The second kappa shape index (κ2) is 9.74. The molecule has 0 aliphatic carbocycles. The highest BCUT2D eigenvalue weighted by atomic mass is 16.5. The van der Waals surface area contributed by atoms with E-state index in [1.54, 1.807) is 18.2 Å². The van der Waals surface area contributed by atoms with Crippen molar-refractivity contribution >= 4 is 23.2 Å². The van der Waals surface area contributed by atoms with Gasteiger partial charge < -0.3 is 15.4 Å². The van der Waals surface area contributed by atoms with Crippen molar-refractivity contribution < 1.29 is 14.3 Å². The van der Waals surface area contributed by atoms with Gasteiger partial charge in [-0.3, -0.25) is 9.59 Å². The normalized spacial score (nSPS) is 10.4. The first-order chi connectivity index (χ1) is 14.5. The Morgan fingerprint density at radius 3 is 2.17 bits per heavy atom. The van der Waals surface area contributed by atoms with Crippen LogP contribution in [0.5, 0.6) is 5.75 Å². The summed E-state index contributed by atoms with van der Waals surface area (Å²) in [5.41, 5.74) is 4.93. The Morgan fingerprint density at radius 1 is 0.767 bits per heavy atom. The van der Waals surface area contributed by atoms with Crippen LogP contribution < -0.4 is 15.4 Å². The monoisotopic (exact) mass is 402 g/mol. The molecule has 5 nitrogen and oxygen atoms in total. The number of carbonyl (C=O) groups excluding carboxylic acids is 2. The van der Waals surface area contributed by atoms with Crippen LogP contribution in [0.4, 0.5) is 11.4 Å². The molecular formula is C25H26N2O3. The first kappa shape index (κ1) is 21.1. The molecule has 3 aromatic carbocycles. The number of nitrogens with one attached hydrogen (secondary N) is 2. The van der Waals surface area contributed by atoms with Gasteiger partial charge >= 0.3 is 0 Å². The zero-order valence-corrected chi connectivity index (χ0v) is 17.5. The molecule has 0 heterocycles. The summed E-state index contributed by atoms with van der Waals surface area (Å²) in [6, 6.07) is 20.3. The summed E-state index contributed by atoms with van der Waals surface area (Å²) in [4.78, 5) is 24.8. The van der Waals surface area contributed by atoms with Gasteiger partial charge in [0.25, 0.3) is 5.91 Å². The molecule has 0 fully saturated rings. The van der Waals surface area contributed by atoms with Crippen molar-refractivity contribution in [2.45, 2.75) is 27.2 Å². The van der Waals surface area contributed by atoms with Gasteiger partial charge in [-0.05, 0) is 67.8 Å². The lowest BCUT2D eigenvalue weighted by atomic mass is 10.1. The lowest BCUT2D eigenvalue weighted by molar-refractivity contribution is -0.116. The van der Waals surface area contributed by atoms with Gasteiger partial charge in [0, 0.05) is 16.9 Å². The first-order valence-corrected chi connectivity index (χ1v) is 9.90. The molecule has 0 unspecified atom stereocenters. The van der Waals surface area contributed by atoms with E-state index in [1.807, 2.05) is 69.3 Å². The Kier molecular flexibility index (Phi) is 6.86. The molecule has 5 heteroatoms. The topological polar surface area (TPSA) is 67.4 Å². The SMILES string of the molecule is Cc1cccc(OCCC(=O)Nc2cccc(NC(=O)c3ccccc3)c2C)c1C. The second-order valence-electron chi connectivity index (χ2n) is 7.14. The molecule has 0 aliphatic rings. The number of benzene rings is 3. The van der Waals surface area contributed by atoms with Crippen molar-refractivity contribution in [3.05, 3.63) is 89.0 Å². The van der Waals surface area contributed by atoms with Gasteiger partial charge in [-0.15, -0.1) is 0 Å². The number of hydrogen-bond acceptors (Lipinski definition) is 3. The van der Waals surface area contributed by atoms with E-state index in [2.05, 4.69) is 10.6 Å². The Labute approximate surface area is 177 Å². The minimum Gasteiger partial charge on any atom is -0.493 e. The lowest BCUT2D eigenvalue weighted by Gasteiger charge is -2.14. The largest absolute Gasteiger partial charge is 0.493 e. The zero-order chi connectivity index (χ0) is 21.5. The highest BCUT2D eigenvalue weighted by Crippen LogP contribution is 2.24. The van der Waals surface area contributed by atoms with Crippen LogP contribution in [0.15, 0.2) is 66.7 Å². The van der Waals surface area contributed by atoms with Crippen LogP contribution in [0, 0.1) is 20.8 Å². The van der Waals surface area contributed by atoms with E-state index in [4.69, 9.17) is 4.74 Å². The second-order valence-corrected chi connectivity index (χ2v) is 7.14. The third kappa shape index (κ3) is 5.26. The van der Waals surface area contributed by atoms with Crippen LogP contribution in [0.3, 0.4) is 0 Å². The van der Waals surface area contributed by atoms with Crippen LogP contribution >= 0.6 is 0 Å². The summed E-state index contributed by atoms with van der Waals surface area (Å²) in [6.45, 7) is 6.19. The number of ether oxygens (including phenoxy) is 1. The molecule has 154 valence electrons. The van der Waals surface area contributed by atoms with E-state index in [0.29, 0.717) is 23.5 Å². The fourth-order valence-corrected chi connectivity index (χ4v) is 3.04. The molecule has 0 aromatic heterocycles. The maximum Gasteiger partial charge on any atom is 0.255 e. The Hall–Kier alpha value is -3.60. The molecule has 3 aromatic rings. The van der Waals surface area contributed by atoms with Gasteiger partial charge in [0.1, 0.15) is 5.75 Å². The Balaban J connectivity index is 1.58. The number of carbonyl (C=O) groups is 2. The molecule has 30 heavy (non-hydrogen) atoms. The molecule has 2 N–H and O–H groups in total. The summed E-state index contributed by atoms with van der Waals surface area (Å²) in [5, 5.41) is 5.81. The van der Waals surface area contributed by atoms with Crippen molar-refractivity contribution in [1.82, 2.24) is 0 Å². The van der Waals surface area contributed by atoms with E-state index >= 15 is 0 Å². The molecule has 0 saturated carbocycles. The maximum atomic E-state index is 12.4. The standard InChI is InChI=1S/C25H26N2O3/c1-17-9-7-14-23(18(17)2)30-16-15-24(28)26-21-12-8-13-22(19(21)3)27-25(29)20-10-5-4-6-11-20/h4-14H,15-16H2,1-3H3,(H,26,28)(H,27,29). The van der Waals surface area contributed by atoms with Crippen molar-refractivity contribution in [3.63, 3.8) is 0 Å². The number of anilines is 2. The van der Waals surface area contributed by atoms with E-state index < -0.39 is 0 Å². The van der Waals surface area contributed by atoms with Crippen molar-refractivity contribution in [2.24, 2.45) is 0 Å². The average Bonchev–Trinajstić information content (AvgIpc) is 2.74. The van der Waals surface area contributed by atoms with Gasteiger partial charge in [-0.25, -0.2) is 0 Å². The van der Waals surface area contributed by atoms with Crippen LogP contribution in [0.25, 0.3) is 0 Å². The molecular weight excluding hydrogens is 376 g/mol. The van der Waals surface area contributed by atoms with Gasteiger partial charge in [0.2, 0.25) is 5.91 Å².